The molecule has 1 aromatic heterocycles. The third-order valence-corrected chi connectivity index (χ3v) is 4.44. The maximum atomic E-state index is 12.5. The Bertz CT molecular complexity index is 512. The molecule has 0 aliphatic carbocycles. The first-order chi connectivity index (χ1) is 9.97. The van der Waals surface area contributed by atoms with Crippen molar-refractivity contribution in [2.75, 3.05) is 20.2 Å². The summed E-state index contributed by atoms with van der Waals surface area (Å²) in [5.74, 6) is 0.0807. The van der Waals surface area contributed by atoms with Gasteiger partial charge in [-0.05, 0) is 32.3 Å². The molecular formula is C15H26N4O2. The van der Waals surface area contributed by atoms with Crippen molar-refractivity contribution in [1.29, 1.82) is 0 Å². The number of aryl methyl sites for hydroxylation is 1. The minimum Gasteiger partial charge on any atom is -0.378 e. The van der Waals surface area contributed by atoms with Crippen molar-refractivity contribution >= 4 is 5.91 Å². The van der Waals surface area contributed by atoms with Gasteiger partial charge in [-0.1, -0.05) is 6.92 Å². The number of likely N-dealkylation sites (tertiary alicyclic amines) is 1. The molecule has 6 heteroatoms. The van der Waals surface area contributed by atoms with E-state index >= 15 is 0 Å². The second-order valence-electron chi connectivity index (χ2n) is 5.73. The van der Waals surface area contributed by atoms with Crippen LogP contribution in [0.1, 0.15) is 30.3 Å². The highest BCUT2D eigenvalue weighted by Gasteiger charge is 2.29. The first kappa shape index (κ1) is 16.0. The number of rotatable bonds is 4. The van der Waals surface area contributed by atoms with Gasteiger partial charge in [0.05, 0.1) is 11.8 Å². The van der Waals surface area contributed by atoms with Gasteiger partial charge in [0, 0.05) is 31.9 Å². The predicted molar refractivity (Wildman–Crippen MR) is 81.0 cm³/mol. The third-order valence-electron chi connectivity index (χ3n) is 4.44. The number of methoxy groups -OCH3 is 1. The Balaban J connectivity index is 2.05. The lowest BCUT2D eigenvalue weighted by Crippen LogP contribution is -2.53. The van der Waals surface area contributed by atoms with Crippen LogP contribution in [0.5, 0.6) is 0 Å². The lowest BCUT2D eigenvalue weighted by Gasteiger charge is -2.36. The number of hydrogen-bond acceptors (Lipinski definition) is 4. The molecule has 118 valence electrons. The molecule has 0 saturated carbocycles. The van der Waals surface area contributed by atoms with Crippen LogP contribution < -0.4 is 5.73 Å². The summed E-state index contributed by atoms with van der Waals surface area (Å²) in [5.41, 5.74) is 9.32. The van der Waals surface area contributed by atoms with Gasteiger partial charge in [0.15, 0.2) is 0 Å². The van der Waals surface area contributed by atoms with Crippen LogP contribution in [0.15, 0.2) is 0 Å². The van der Waals surface area contributed by atoms with Crippen molar-refractivity contribution < 1.29 is 9.53 Å². The number of aromatic nitrogens is 2. The fraction of sp³-hybridized carbons (Fsp3) is 0.733. The van der Waals surface area contributed by atoms with Gasteiger partial charge in [-0.2, -0.15) is 5.10 Å². The molecule has 1 saturated heterocycles. The molecular weight excluding hydrogens is 268 g/mol. The van der Waals surface area contributed by atoms with Crippen LogP contribution in [0.2, 0.25) is 0 Å². The number of carbonyl (C=O) groups excluding carboxylic acids is 1. The van der Waals surface area contributed by atoms with Gasteiger partial charge < -0.3 is 15.4 Å². The fourth-order valence-electron chi connectivity index (χ4n) is 3.04. The van der Waals surface area contributed by atoms with E-state index in [0.717, 1.165) is 24.2 Å². The Morgan fingerprint density at radius 2 is 2.19 bits per heavy atom. The third kappa shape index (κ3) is 3.27. The Kier molecular flexibility index (Phi) is 5.00. The van der Waals surface area contributed by atoms with Gasteiger partial charge in [-0.3, -0.25) is 9.48 Å². The Hall–Kier alpha value is -1.40. The highest BCUT2D eigenvalue weighted by Crippen LogP contribution is 2.16. The predicted octanol–water partition coefficient (Wildman–Crippen LogP) is 0.637. The number of nitrogens with two attached hydrogens (primary N) is 1. The van der Waals surface area contributed by atoms with Gasteiger partial charge in [0.25, 0.3) is 0 Å². The average molecular weight is 294 g/mol. The zero-order valence-corrected chi connectivity index (χ0v) is 13.4. The monoisotopic (exact) mass is 294 g/mol. The summed E-state index contributed by atoms with van der Waals surface area (Å²) in [6.07, 6.45) is 1.65. The molecule has 0 radical (unpaired) electrons. The normalized spacial score (nSPS) is 22.6. The summed E-state index contributed by atoms with van der Waals surface area (Å²) in [7, 11) is 1.65. The summed E-state index contributed by atoms with van der Waals surface area (Å²) < 4.78 is 7.17. The van der Waals surface area contributed by atoms with Crippen LogP contribution in [0, 0.1) is 13.8 Å². The van der Waals surface area contributed by atoms with E-state index in [-0.39, 0.29) is 18.1 Å². The van der Waals surface area contributed by atoms with Crippen LogP contribution in [0.3, 0.4) is 0 Å². The molecule has 0 spiro atoms. The lowest BCUT2D eigenvalue weighted by molar-refractivity contribution is -0.136. The molecule has 21 heavy (non-hydrogen) atoms. The van der Waals surface area contributed by atoms with Crippen molar-refractivity contribution in [2.45, 2.75) is 52.3 Å². The minimum absolute atomic E-state index is 0.0134. The maximum absolute atomic E-state index is 12.5. The van der Waals surface area contributed by atoms with Crippen LogP contribution in [-0.2, 0) is 22.5 Å². The van der Waals surface area contributed by atoms with Gasteiger partial charge in [0.1, 0.15) is 6.54 Å². The van der Waals surface area contributed by atoms with E-state index in [1.54, 1.807) is 7.11 Å². The molecule has 0 unspecified atom stereocenters. The van der Waals surface area contributed by atoms with Crippen LogP contribution >= 0.6 is 0 Å². The highest BCUT2D eigenvalue weighted by molar-refractivity contribution is 5.76. The Morgan fingerprint density at radius 3 is 2.76 bits per heavy atom. The standard InChI is InChI=1S/C15H26N4O2/c1-5-12-10(2)17-19(11(12)3)9-15(20)18-7-6-13(16)14(8-18)21-4/h13-14H,5-9,16H2,1-4H3/t13-,14+/m1/s1. The molecule has 6 nitrogen and oxygen atoms in total. The Labute approximate surface area is 126 Å². The van der Waals surface area contributed by atoms with E-state index < -0.39 is 0 Å². The van der Waals surface area contributed by atoms with Crippen molar-refractivity contribution in [1.82, 2.24) is 14.7 Å². The minimum atomic E-state index is -0.0747. The molecule has 1 amide bonds. The molecule has 1 fully saturated rings. The van der Waals surface area contributed by atoms with E-state index in [4.69, 9.17) is 10.5 Å². The molecule has 2 N–H and O–H groups in total. The summed E-state index contributed by atoms with van der Waals surface area (Å²) >= 11 is 0. The second kappa shape index (κ2) is 6.58. The van der Waals surface area contributed by atoms with Crippen molar-refractivity contribution in [3.63, 3.8) is 0 Å². The Morgan fingerprint density at radius 1 is 1.48 bits per heavy atom. The van der Waals surface area contributed by atoms with E-state index in [1.165, 1.54) is 5.56 Å². The molecule has 2 rings (SSSR count). The van der Waals surface area contributed by atoms with Gasteiger partial charge >= 0.3 is 0 Å². The van der Waals surface area contributed by atoms with Crippen LogP contribution in [-0.4, -0.2) is 52.9 Å². The van der Waals surface area contributed by atoms with Gasteiger partial charge in [-0.15, -0.1) is 0 Å². The number of ether oxygens (including phenoxy) is 1. The van der Waals surface area contributed by atoms with E-state index in [2.05, 4.69) is 12.0 Å². The topological polar surface area (TPSA) is 73.4 Å². The largest absolute Gasteiger partial charge is 0.378 e. The van der Waals surface area contributed by atoms with Gasteiger partial charge in [0.2, 0.25) is 5.91 Å². The number of carbonyl (C=O) groups is 1. The summed E-state index contributed by atoms with van der Waals surface area (Å²) in [5, 5.41) is 4.48. The SMILES string of the molecule is CCc1c(C)nn(CC(=O)N2CC[C@@H](N)[C@@H](OC)C2)c1C. The lowest BCUT2D eigenvalue weighted by atomic mass is 10.0. The maximum Gasteiger partial charge on any atom is 0.244 e. The molecule has 2 atom stereocenters. The van der Waals surface area contributed by atoms with E-state index in [9.17, 15) is 4.79 Å². The molecule has 0 aromatic carbocycles. The number of piperidine rings is 1. The van der Waals surface area contributed by atoms with Crippen molar-refractivity contribution in [2.24, 2.45) is 5.73 Å². The van der Waals surface area contributed by atoms with E-state index in [0.29, 0.717) is 19.6 Å². The summed E-state index contributed by atoms with van der Waals surface area (Å²) in [6, 6.07) is 0.0134. The number of amides is 1. The fourth-order valence-corrected chi connectivity index (χ4v) is 3.04. The first-order valence-corrected chi connectivity index (χ1v) is 7.56. The quantitative estimate of drug-likeness (QED) is 0.884. The first-order valence-electron chi connectivity index (χ1n) is 7.56. The summed E-state index contributed by atoms with van der Waals surface area (Å²) in [6.45, 7) is 7.68. The van der Waals surface area contributed by atoms with Crippen molar-refractivity contribution in [3.8, 4) is 0 Å². The molecule has 1 aromatic rings. The smallest absolute Gasteiger partial charge is 0.244 e. The molecule has 1 aliphatic heterocycles. The zero-order valence-electron chi connectivity index (χ0n) is 13.4. The van der Waals surface area contributed by atoms with Crippen LogP contribution in [0.25, 0.3) is 0 Å². The highest BCUT2D eigenvalue weighted by atomic mass is 16.5. The van der Waals surface area contributed by atoms with Crippen molar-refractivity contribution in [3.05, 3.63) is 17.0 Å². The summed E-state index contributed by atoms with van der Waals surface area (Å²) in [4.78, 5) is 14.3. The molecule has 2 heterocycles. The zero-order chi connectivity index (χ0) is 15.6. The van der Waals surface area contributed by atoms with E-state index in [1.807, 2.05) is 23.4 Å². The second-order valence-corrected chi connectivity index (χ2v) is 5.73. The number of nitrogens with zero attached hydrogens (tertiary/aromatic N) is 3. The van der Waals surface area contributed by atoms with Crippen LogP contribution in [0.4, 0.5) is 0 Å². The number of hydrogen-bond donors (Lipinski definition) is 1. The molecule has 1 aliphatic rings. The van der Waals surface area contributed by atoms with Gasteiger partial charge in [-0.25, -0.2) is 0 Å². The molecule has 0 bridgehead atoms. The average Bonchev–Trinajstić information content (AvgIpc) is 2.73.